The van der Waals surface area contributed by atoms with E-state index in [1.165, 1.54) is 11.8 Å². The molecule has 1 saturated carbocycles. The van der Waals surface area contributed by atoms with Gasteiger partial charge < -0.3 is 5.32 Å². The van der Waals surface area contributed by atoms with Crippen molar-refractivity contribution in [2.45, 2.75) is 36.4 Å². The van der Waals surface area contributed by atoms with Crippen LogP contribution >= 0.6 is 11.8 Å². The number of hydrogen-bond donors (Lipinski definition) is 1. The third-order valence-corrected chi connectivity index (χ3v) is 4.74. The van der Waals surface area contributed by atoms with E-state index >= 15 is 0 Å². The van der Waals surface area contributed by atoms with Crippen LogP contribution in [0.1, 0.15) is 25.7 Å². The summed E-state index contributed by atoms with van der Waals surface area (Å²) in [6.45, 7) is 0. The van der Waals surface area contributed by atoms with E-state index in [2.05, 4.69) is 26.9 Å². The average molecular weight is 328 g/mol. The van der Waals surface area contributed by atoms with Gasteiger partial charge in [0.25, 0.3) is 0 Å². The zero-order valence-corrected chi connectivity index (χ0v) is 13.3. The highest BCUT2D eigenvalue weighted by molar-refractivity contribution is 7.99. The van der Waals surface area contributed by atoms with Gasteiger partial charge in [0.05, 0.1) is 17.5 Å². The summed E-state index contributed by atoms with van der Waals surface area (Å²) in [6, 6.07) is 11.7. The molecule has 118 valence electrons. The number of benzene rings is 1. The van der Waals surface area contributed by atoms with Crippen molar-refractivity contribution in [3.05, 3.63) is 30.3 Å². The largest absolute Gasteiger partial charge is 0.337 e. The number of tetrazole rings is 1. The van der Waals surface area contributed by atoms with Gasteiger partial charge in [-0.3, -0.25) is 4.79 Å². The Labute approximate surface area is 138 Å². The molecular formula is C15H16N6OS. The van der Waals surface area contributed by atoms with Crippen LogP contribution in [0.5, 0.6) is 0 Å². The van der Waals surface area contributed by atoms with Crippen molar-refractivity contribution in [3.63, 3.8) is 0 Å². The van der Waals surface area contributed by atoms with Gasteiger partial charge in [0, 0.05) is 0 Å². The van der Waals surface area contributed by atoms with Crippen LogP contribution in [0.4, 0.5) is 0 Å². The Morgan fingerprint density at radius 1 is 1.35 bits per heavy atom. The topological polar surface area (TPSA) is 96.5 Å². The molecule has 0 bridgehead atoms. The normalized spacial score (nSPS) is 16.0. The molecule has 1 heterocycles. The Morgan fingerprint density at radius 3 is 2.78 bits per heavy atom. The number of carbonyl (C=O) groups is 1. The molecule has 0 spiro atoms. The Kier molecular flexibility index (Phi) is 4.57. The number of aromatic nitrogens is 4. The maximum absolute atomic E-state index is 12.1. The number of nitrogens with one attached hydrogen (secondary N) is 1. The number of hydrogen-bond acceptors (Lipinski definition) is 6. The van der Waals surface area contributed by atoms with E-state index in [9.17, 15) is 10.1 Å². The van der Waals surface area contributed by atoms with Crippen molar-refractivity contribution >= 4 is 17.7 Å². The molecule has 7 nitrogen and oxygen atoms in total. The van der Waals surface area contributed by atoms with Crippen molar-refractivity contribution in [2.75, 3.05) is 5.75 Å². The van der Waals surface area contributed by atoms with Crippen molar-refractivity contribution in [3.8, 4) is 11.8 Å². The number of amides is 1. The van der Waals surface area contributed by atoms with Crippen molar-refractivity contribution < 1.29 is 4.79 Å². The summed E-state index contributed by atoms with van der Waals surface area (Å²) >= 11 is 1.25. The quantitative estimate of drug-likeness (QED) is 0.839. The van der Waals surface area contributed by atoms with Crippen LogP contribution in [0.2, 0.25) is 0 Å². The van der Waals surface area contributed by atoms with Gasteiger partial charge in [0.15, 0.2) is 0 Å². The van der Waals surface area contributed by atoms with Gasteiger partial charge in [-0.1, -0.05) is 30.0 Å². The molecule has 23 heavy (non-hydrogen) atoms. The summed E-state index contributed by atoms with van der Waals surface area (Å²) in [7, 11) is 0. The van der Waals surface area contributed by atoms with Gasteiger partial charge in [-0.15, -0.1) is 5.10 Å². The molecule has 2 aromatic rings. The maximum atomic E-state index is 12.1. The van der Waals surface area contributed by atoms with Crippen LogP contribution in [0.15, 0.2) is 35.5 Å². The van der Waals surface area contributed by atoms with Crippen molar-refractivity contribution in [1.82, 2.24) is 25.5 Å². The first kappa shape index (κ1) is 15.5. The fraction of sp³-hybridized carbons (Fsp3) is 0.400. The SMILES string of the molecule is N#CC1(NC(=O)CSc2nnnn2-c2ccccc2)CCCC1. The second-order valence-corrected chi connectivity index (χ2v) is 6.39. The standard InChI is InChI=1S/C15H16N6OS/c16-11-15(8-4-5-9-15)17-13(22)10-23-14-18-19-20-21(14)12-6-2-1-3-7-12/h1-3,6-7H,4-5,8-10H2,(H,17,22). The zero-order valence-electron chi connectivity index (χ0n) is 12.5. The Morgan fingerprint density at radius 2 is 2.09 bits per heavy atom. The second kappa shape index (κ2) is 6.79. The molecule has 1 fully saturated rings. The van der Waals surface area contributed by atoms with Crippen LogP contribution in [0.25, 0.3) is 5.69 Å². The molecule has 1 aliphatic carbocycles. The van der Waals surface area contributed by atoms with Gasteiger partial charge >= 0.3 is 0 Å². The molecule has 1 N–H and O–H groups in total. The van der Waals surface area contributed by atoms with E-state index in [0.717, 1.165) is 31.4 Å². The first-order chi connectivity index (χ1) is 11.2. The van der Waals surface area contributed by atoms with Crippen LogP contribution in [-0.4, -0.2) is 37.4 Å². The molecule has 0 radical (unpaired) electrons. The van der Waals surface area contributed by atoms with Gasteiger partial charge in [-0.2, -0.15) is 9.94 Å². The van der Waals surface area contributed by atoms with Gasteiger partial charge in [0.2, 0.25) is 11.1 Å². The van der Waals surface area contributed by atoms with Crippen molar-refractivity contribution in [2.24, 2.45) is 0 Å². The minimum atomic E-state index is -0.691. The molecule has 3 rings (SSSR count). The third kappa shape index (κ3) is 3.51. The van der Waals surface area contributed by atoms with Crippen LogP contribution in [-0.2, 0) is 4.79 Å². The van der Waals surface area contributed by atoms with Gasteiger partial charge in [-0.25, -0.2) is 0 Å². The first-order valence-electron chi connectivity index (χ1n) is 7.41. The summed E-state index contributed by atoms with van der Waals surface area (Å²) < 4.78 is 1.59. The summed E-state index contributed by atoms with van der Waals surface area (Å²) in [5.41, 5.74) is 0.146. The molecular weight excluding hydrogens is 312 g/mol. The van der Waals surface area contributed by atoms with E-state index in [4.69, 9.17) is 0 Å². The van der Waals surface area contributed by atoms with E-state index in [1.807, 2.05) is 30.3 Å². The smallest absolute Gasteiger partial charge is 0.231 e. The predicted octanol–water partition coefficient (Wildman–Crippen LogP) is 1.71. The first-order valence-corrected chi connectivity index (χ1v) is 8.40. The fourth-order valence-corrected chi connectivity index (χ4v) is 3.37. The highest BCUT2D eigenvalue weighted by Gasteiger charge is 2.35. The molecule has 1 amide bonds. The van der Waals surface area contributed by atoms with Crippen molar-refractivity contribution in [1.29, 1.82) is 5.26 Å². The molecule has 8 heteroatoms. The lowest BCUT2D eigenvalue weighted by atomic mass is 10.0. The summed E-state index contributed by atoms with van der Waals surface area (Å²) in [5.74, 6) is 0.0115. The van der Waals surface area contributed by atoms with Crippen LogP contribution in [0, 0.1) is 11.3 Å². The van der Waals surface area contributed by atoms with E-state index in [1.54, 1.807) is 4.68 Å². The highest BCUT2D eigenvalue weighted by Crippen LogP contribution is 2.29. The lowest BCUT2D eigenvalue weighted by Gasteiger charge is -2.21. The second-order valence-electron chi connectivity index (χ2n) is 5.45. The molecule has 1 aromatic carbocycles. The number of nitriles is 1. The van der Waals surface area contributed by atoms with E-state index < -0.39 is 5.54 Å². The molecule has 0 saturated heterocycles. The Hall–Kier alpha value is -2.40. The van der Waals surface area contributed by atoms with Gasteiger partial charge in [0.1, 0.15) is 5.54 Å². The lowest BCUT2D eigenvalue weighted by Crippen LogP contribution is -2.45. The summed E-state index contributed by atoms with van der Waals surface area (Å²) in [5, 5.41) is 24.3. The lowest BCUT2D eigenvalue weighted by molar-refractivity contribution is -0.119. The fourth-order valence-electron chi connectivity index (χ4n) is 2.68. The average Bonchev–Trinajstić information content (AvgIpc) is 3.23. The zero-order chi connectivity index (χ0) is 16.1. The van der Waals surface area contributed by atoms with Crippen LogP contribution < -0.4 is 5.32 Å². The highest BCUT2D eigenvalue weighted by atomic mass is 32.2. The number of carbonyl (C=O) groups excluding carboxylic acids is 1. The van der Waals surface area contributed by atoms with Crippen LogP contribution in [0.3, 0.4) is 0 Å². The molecule has 0 atom stereocenters. The summed E-state index contributed by atoms with van der Waals surface area (Å²) in [6.07, 6.45) is 3.41. The molecule has 0 aliphatic heterocycles. The molecule has 1 aliphatic rings. The minimum Gasteiger partial charge on any atom is -0.337 e. The van der Waals surface area contributed by atoms with E-state index in [0.29, 0.717) is 5.16 Å². The Balaban J connectivity index is 1.62. The van der Waals surface area contributed by atoms with Gasteiger partial charge in [-0.05, 0) is 48.2 Å². The summed E-state index contributed by atoms with van der Waals surface area (Å²) in [4.78, 5) is 12.1. The minimum absolute atomic E-state index is 0.166. The number of rotatable bonds is 5. The number of thioether (sulfide) groups is 1. The molecule has 0 unspecified atom stereocenters. The third-order valence-electron chi connectivity index (χ3n) is 3.82. The predicted molar refractivity (Wildman–Crippen MR) is 84.8 cm³/mol. The number of nitrogens with zero attached hydrogens (tertiary/aromatic N) is 5. The van der Waals surface area contributed by atoms with E-state index in [-0.39, 0.29) is 11.7 Å². The maximum Gasteiger partial charge on any atom is 0.231 e. The monoisotopic (exact) mass is 328 g/mol. The number of para-hydroxylation sites is 1. The Bertz CT molecular complexity index is 717. The molecule has 1 aromatic heterocycles.